The van der Waals surface area contributed by atoms with Gasteiger partial charge in [-0.25, -0.2) is 4.68 Å². The van der Waals surface area contributed by atoms with E-state index in [2.05, 4.69) is 83.1 Å². The highest BCUT2D eigenvalue weighted by Crippen LogP contribution is 2.28. The maximum absolute atomic E-state index is 5.06. The minimum atomic E-state index is 0.748. The number of rotatable bonds is 4. The van der Waals surface area contributed by atoms with Gasteiger partial charge >= 0.3 is 0 Å². The number of nitrogens with zero attached hydrogens (tertiary/aromatic N) is 4. The van der Waals surface area contributed by atoms with Crippen LogP contribution in [0.3, 0.4) is 0 Å². The van der Waals surface area contributed by atoms with Crippen molar-refractivity contribution in [2.24, 2.45) is 0 Å². The predicted molar refractivity (Wildman–Crippen MR) is 118 cm³/mol. The fraction of sp³-hybridized carbons (Fsp3) is 0.400. The lowest BCUT2D eigenvalue weighted by molar-refractivity contribution is 0.0995. The van der Waals surface area contributed by atoms with Gasteiger partial charge in [0.05, 0.1) is 11.4 Å². The van der Waals surface area contributed by atoms with Crippen molar-refractivity contribution in [3.05, 3.63) is 71.4 Å². The van der Waals surface area contributed by atoms with Gasteiger partial charge < -0.3 is 0 Å². The second-order valence-corrected chi connectivity index (χ2v) is 8.67. The van der Waals surface area contributed by atoms with Crippen molar-refractivity contribution in [2.75, 3.05) is 26.2 Å². The Morgan fingerprint density at radius 1 is 1.00 bits per heavy atom. The Bertz CT molecular complexity index is 991. The first kappa shape index (κ1) is 18.6. The summed E-state index contributed by atoms with van der Waals surface area (Å²) in [6, 6.07) is 18.0. The zero-order valence-electron chi connectivity index (χ0n) is 17.5. The molecule has 0 bridgehead atoms. The van der Waals surface area contributed by atoms with Crippen LogP contribution < -0.4 is 0 Å². The van der Waals surface area contributed by atoms with Gasteiger partial charge in [-0.2, -0.15) is 5.10 Å². The molecule has 0 spiro atoms. The van der Waals surface area contributed by atoms with Gasteiger partial charge in [0, 0.05) is 49.5 Å². The zero-order chi connectivity index (χ0) is 19.8. The summed E-state index contributed by atoms with van der Waals surface area (Å²) in [4.78, 5) is 5.30. The summed E-state index contributed by atoms with van der Waals surface area (Å²) in [6.45, 7) is 10.1. The monoisotopic (exact) mass is 386 g/mol. The third-order valence-electron chi connectivity index (χ3n) is 6.51. The molecule has 0 unspecified atom stereocenters. The number of fused-ring (bicyclic) bond motifs is 1. The number of hydrogen-bond acceptors (Lipinski definition) is 3. The number of aryl methyl sites for hydroxylation is 2. The Labute approximate surface area is 173 Å². The lowest BCUT2D eigenvalue weighted by Crippen LogP contribution is -2.49. The van der Waals surface area contributed by atoms with Gasteiger partial charge in [-0.1, -0.05) is 42.5 Å². The van der Waals surface area contributed by atoms with Crippen LogP contribution in [-0.2, 0) is 6.54 Å². The molecule has 2 aliphatic rings. The van der Waals surface area contributed by atoms with E-state index in [1.54, 1.807) is 0 Å². The lowest BCUT2D eigenvalue weighted by atomic mass is 10.1. The Balaban J connectivity index is 1.49. The van der Waals surface area contributed by atoms with Crippen LogP contribution in [-0.4, -0.2) is 51.8 Å². The summed E-state index contributed by atoms with van der Waals surface area (Å²) in [5.74, 6) is 0. The Morgan fingerprint density at radius 2 is 1.86 bits per heavy atom. The predicted octanol–water partition coefficient (Wildman–Crippen LogP) is 4.44. The van der Waals surface area contributed by atoms with Gasteiger partial charge in [-0.3, -0.25) is 9.80 Å². The van der Waals surface area contributed by atoms with Crippen molar-refractivity contribution in [2.45, 2.75) is 39.3 Å². The zero-order valence-corrected chi connectivity index (χ0v) is 17.5. The summed E-state index contributed by atoms with van der Waals surface area (Å²) in [5, 5.41) is 5.06. The lowest BCUT2D eigenvalue weighted by Gasteiger charge is -2.37. The largest absolute Gasteiger partial charge is 0.298 e. The quantitative estimate of drug-likeness (QED) is 0.663. The molecule has 4 heteroatoms. The van der Waals surface area contributed by atoms with Gasteiger partial charge in [0.25, 0.3) is 0 Å². The van der Waals surface area contributed by atoms with Crippen LogP contribution in [0.1, 0.15) is 29.5 Å². The molecule has 0 amide bonds. The van der Waals surface area contributed by atoms with E-state index in [9.17, 15) is 0 Å². The van der Waals surface area contributed by atoms with E-state index in [1.807, 2.05) is 0 Å². The van der Waals surface area contributed by atoms with Crippen LogP contribution in [0.25, 0.3) is 16.9 Å². The molecule has 0 aliphatic carbocycles. The highest BCUT2D eigenvalue weighted by atomic mass is 15.3. The third kappa shape index (κ3) is 3.75. The molecule has 2 saturated heterocycles. The Hall–Kier alpha value is -2.43. The van der Waals surface area contributed by atoms with E-state index >= 15 is 0 Å². The fourth-order valence-corrected chi connectivity index (χ4v) is 4.89. The molecular formula is C25H30N4. The third-order valence-corrected chi connectivity index (χ3v) is 6.51. The first-order valence-electron chi connectivity index (χ1n) is 10.9. The van der Waals surface area contributed by atoms with Gasteiger partial charge in [-0.15, -0.1) is 0 Å². The number of aromatic nitrogens is 2. The normalized spacial score (nSPS) is 20.1. The number of piperazine rings is 1. The van der Waals surface area contributed by atoms with Crippen LogP contribution in [0.4, 0.5) is 0 Å². The van der Waals surface area contributed by atoms with Crippen molar-refractivity contribution in [1.29, 1.82) is 0 Å². The van der Waals surface area contributed by atoms with E-state index in [4.69, 9.17) is 5.10 Å². The smallest absolute Gasteiger partial charge is 0.0972 e. The minimum absolute atomic E-state index is 0.748. The maximum Gasteiger partial charge on any atom is 0.0972 e. The van der Waals surface area contributed by atoms with Crippen molar-refractivity contribution in [3.8, 4) is 16.9 Å². The summed E-state index contributed by atoms with van der Waals surface area (Å²) in [7, 11) is 0. The Morgan fingerprint density at radius 3 is 2.72 bits per heavy atom. The first-order valence-corrected chi connectivity index (χ1v) is 10.9. The van der Waals surface area contributed by atoms with Crippen LogP contribution in [0.15, 0.2) is 54.7 Å². The van der Waals surface area contributed by atoms with Crippen molar-refractivity contribution < 1.29 is 0 Å². The summed E-state index contributed by atoms with van der Waals surface area (Å²) >= 11 is 0. The molecule has 29 heavy (non-hydrogen) atoms. The van der Waals surface area contributed by atoms with Crippen molar-refractivity contribution in [1.82, 2.24) is 19.6 Å². The van der Waals surface area contributed by atoms with Crippen LogP contribution >= 0.6 is 0 Å². The van der Waals surface area contributed by atoms with Gasteiger partial charge in [-0.05, 0) is 50.4 Å². The molecule has 0 saturated carbocycles. The van der Waals surface area contributed by atoms with Crippen LogP contribution in [0.5, 0.6) is 0 Å². The van der Waals surface area contributed by atoms with Crippen molar-refractivity contribution in [3.63, 3.8) is 0 Å². The fourth-order valence-electron chi connectivity index (χ4n) is 4.89. The summed E-state index contributed by atoms with van der Waals surface area (Å²) < 4.78 is 2.09. The van der Waals surface area contributed by atoms with Crippen LogP contribution in [0, 0.1) is 13.8 Å². The van der Waals surface area contributed by atoms with Gasteiger partial charge in [0.15, 0.2) is 0 Å². The molecular weight excluding hydrogens is 356 g/mol. The SMILES string of the molecule is Cc1ccc(C)c(-n2cc(CN3CCN4CCC[C@@H]4C3)c(-c3ccccc3)n2)c1. The summed E-state index contributed by atoms with van der Waals surface area (Å²) in [5.41, 5.74) is 7.33. The van der Waals surface area contributed by atoms with E-state index in [0.717, 1.165) is 24.8 Å². The second-order valence-electron chi connectivity index (χ2n) is 8.67. The molecule has 2 aliphatic heterocycles. The number of benzene rings is 2. The minimum Gasteiger partial charge on any atom is -0.298 e. The molecule has 5 rings (SSSR count). The molecule has 2 aromatic carbocycles. The molecule has 150 valence electrons. The van der Waals surface area contributed by atoms with Crippen molar-refractivity contribution >= 4 is 0 Å². The van der Waals surface area contributed by atoms with Crippen LogP contribution in [0.2, 0.25) is 0 Å². The second kappa shape index (κ2) is 7.77. The Kier molecular flexibility index (Phi) is 4.98. The highest BCUT2D eigenvalue weighted by Gasteiger charge is 2.31. The molecule has 3 aromatic rings. The average Bonchev–Trinajstić information content (AvgIpc) is 3.37. The molecule has 3 heterocycles. The van der Waals surface area contributed by atoms with E-state index in [-0.39, 0.29) is 0 Å². The molecule has 1 aromatic heterocycles. The average molecular weight is 387 g/mol. The standard InChI is InChI=1S/C25H30N4/c1-19-10-11-20(2)24(15-19)29-17-22(25(26-29)21-7-4-3-5-8-21)16-27-13-14-28-12-6-9-23(28)18-27/h3-5,7-8,10-11,15,17,23H,6,9,12-14,16,18H2,1-2H3/t23-/m1/s1. The molecule has 0 N–H and O–H groups in total. The topological polar surface area (TPSA) is 24.3 Å². The summed E-state index contributed by atoms with van der Waals surface area (Å²) in [6.07, 6.45) is 4.97. The highest BCUT2D eigenvalue weighted by molar-refractivity contribution is 5.63. The molecule has 1 atom stereocenters. The van der Waals surface area contributed by atoms with Gasteiger partial charge in [0.1, 0.15) is 0 Å². The van der Waals surface area contributed by atoms with Gasteiger partial charge in [0.2, 0.25) is 0 Å². The van der Waals surface area contributed by atoms with E-state index in [1.165, 1.54) is 60.4 Å². The first-order chi connectivity index (χ1) is 14.2. The molecule has 2 fully saturated rings. The van der Waals surface area contributed by atoms with E-state index in [0.29, 0.717) is 0 Å². The molecule has 4 nitrogen and oxygen atoms in total. The van der Waals surface area contributed by atoms with E-state index < -0.39 is 0 Å². The molecule has 0 radical (unpaired) electrons. The number of hydrogen-bond donors (Lipinski definition) is 0. The maximum atomic E-state index is 5.06.